The smallest absolute Gasteiger partial charge is 0.457 e. The number of likely N-dealkylation sites (tertiary alicyclic amines) is 1. The number of ether oxygens (including phenoxy) is 1. The first-order valence-corrected chi connectivity index (χ1v) is 15.7. The Balaban J connectivity index is 0.00000368. The molecule has 6 atom stereocenters. The fraction of sp³-hybridized carbons (Fsp3) is 0.576. The Bertz CT molecular complexity index is 1300. The highest BCUT2D eigenvalue weighted by molar-refractivity contribution is 6.48. The molecule has 2 aromatic carbocycles. The average Bonchev–Trinajstić information content (AvgIpc) is 3.62. The summed E-state index contributed by atoms with van der Waals surface area (Å²) in [5.41, 5.74) is 6.14. The molecule has 3 N–H and O–H groups in total. The van der Waals surface area contributed by atoms with E-state index in [4.69, 9.17) is 19.8 Å². The van der Waals surface area contributed by atoms with Crippen molar-refractivity contribution in [1.82, 2.24) is 10.2 Å². The largest absolute Gasteiger partial charge is 0.481 e. The van der Waals surface area contributed by atoms with Gasteiger partial charge in [-0.25, -0.2) is 0 Å². The Kier molecular flexibility index (Phi) is 9.47. The molecule has 3 saturated carbocycles. The van der Waals surface area contributed by atoms with E-state index in [1.807, 2.05) is 42.5 Å². The zero-order chi connectivity index (χ0) is 29.5. The molecule has 3 aliphatic carbocycles. The van der Waals surface area contributed by atoms with E-state index < -0.39 is 13.2 Å². The molecule has 0 spiro atoms. The van der Waals surface area contributed by atoms with E-state index in [0.29, 0.717) is 54.8 Å². The van der Waals surface area contributed by atoms with E-state index in [2.05, 4.69) is 26.1 Å². The Morgan fingerprint density at radius 3 is 2.58 bits per heavy atom. The van der Waals surface area contributed by atoms with Gasteiger partial charge in [-0.2, -0.15) is 0 Å². The first-order chi connectivity index (χ1) is 20.2. The third-order valence-corrected chi connectivity index (χ3v) is 10.5. The van der Waals surface area contributed by atoms with Crippen LogP contribution in [0.4, 0.5) is 0 Å². The molecule has 0 unspecified atom stereocenters. The first kappa shape index (κ1) is 31.8. The lowest BCUT2D eigenvalue weighted by molar-refractivity contribution is -0.199. The number of rotatable bonds is 10. The van der Waals surface area contributed by atoms with Crippen LogP contribution in [0.2, 0.25) is 0 Å². The fourth-order valence-corrected chi connectivity index (χ4v) is 7.92. The maximum Gasteiger partial charge on any atom is 0.481 e. The minimum atomic E-state index is -0.565. The van der Waals surface area contributed by atoms with Gasteiger partial charge in [-0.15, -0.1) is 12.4 Å². The zero-order valence-electron chi connectivity index (χ0n) is 25.5. The van der Waals surface area contributed by atoms with Crippen LogP contribution in [0.25, 0.3) is 0 Å². The van der Waals surface area contributed by atoms with Gasteiger partial charge in [0.2, 0.25) is 5.91 Å². The molecule has 43 heavy (non-hydrogen) atoms. The summed E-state index contributed by atoms with van der Waals surface area (Å²) in [5.74, 6) is 1.56. The molecular formula is C33H45BClN3O5. The highest BCUT2D eigenvalue weighted by Crippen LogP contribution is 2.65. The van der Waals surface area contributed by atoms with Crippen LogP contribution in [0.3, 0.4) is 0 Å². The van der Waals surface area contributed by atoms with E-state index in [0.717, 1.165) is 25.7 Å². The van der Waals surface area contributed by atoms with Crippen LogP contribution in [-0.4, -0.2) is 60.6 Å². The number of carbonyl (C=O) groups excluding carboxylic acids is 2. The summed E-state index contributed by atoms with van der Waals surface area (Å²) in [6.45, 7) is 8.01. The molecule has 10 heteroatoms. The SMILES string of the molecule is CC1(C)[C@@H]2C[C@H]3OB([C@H](CCCCN)NC(=O)[C@@H]4CCCN4C(=O)c4ccccc4Oc4ccccc4)O[C@@]3(C)[C@H]1C2.Cl. The zero-order valence-corrected chi connectivity index (χ0v) is 26.3. The van der Waals surface area contributed by atoms with E-state index in [1.54, 1.807) is 17.0 Å². The fourth-order valence-electron chi connectivity index (χ4n) is 7.92. The van der Waals surface area contributed by atoms with Crippen LogP contribution in [0, 0.1) is 17.3 Å². The van der Waals surface area contributed by atoms with Crippen LogP contribution in [0.5, 0.6) is 11.5 Å². The predicted octanol–water partition coefficient (Wildman–Crippen LogP) is 5.39. The van der Waals surface area contributed by atoms with Crippen molar-refractivity contribution in [2.24, 2.45) is 23.0 Å². The lowest BCUT2D eigenvalue weighted by Crippen LogP contribution is -2.65. The van der Waals surface area contributed by atoms with Gasteiger partial charge in [0.1, 0.15) is 17.5 Å². The summed E-state index contributed by atoms with van der Waals surface area (Å²) in [7, 11) is -0.512. The lowest BCUT2D eigenvalue weighted by atomic mass is 9.43. The standard InChI is InChI=1S/C33H44BN3O5.ClH/c1-32(2)22-20-27(32)33(3)28(21-22)41-34(42-33)29(17-9-10-18-35)36-30(38)25-15-11-19-37(25)31(39)24-14-7-8-16-26(24)40-23-12-5-4-6-13-23;/h4-8,12-14,16,22,25,27-29H,9-11,15,17-21,35H2,1-3H3,(H,36,38);1H/t22-,25-,27-,28+,29-,33-;/m0./s1. The average molecular weight is 610 g/mol. The quantitative estimate of drug-likeness (QED) is 0.277. The van der Waals surface area contributed by atoms with Gasteiger partial charge < -0.3 is 30.0 Å². The third-order valence-electron chi connectivity index (χ3n) is 10.5. The second kappa shape index (κ2) is 12.8. The highest BCUT2D eigenvalue weighted by atomic mass is 35.5. The van der Waals surface area contributed by atoms with Crippen LogP contribution in [0.1, 0.15) is 76.1 Å². The molecule has 2 aliphatic heterocycles. The Morgan fingerprint density at radius 2 is 1.84 bits per heavy atom. The van der Waals surface area contributed by atoms with Gasteiger partial charge in [0.15, 0.2) is 0 Å². The summed E-state index contributed by atoms with van der Waals surface area (Å²) >= 11 is 0. The summed E-state index contributed by atoms with van der Waals surface area (Å²) in [5, 5.41) is 3.27. The third kappa shape index (κ3) is 5.94. The molecular weight excluding hydrogens is 565 g/mol. The summed E-state index contributed by atoms with van der Waals surface area (Å²) in [6.07, 6.45) is 6.02. The maximum absolute atomic E-state index is 13.9. The Hall–Kier alpha value is -2.59. The number of hydrogen-bond acceptors (Lipinski definition) is 6. The van der Waals surface area contributed by atoms with Crippen molar-refractivity contribution in [3.05, 3.63) is 60.2 Å². The summed E-state index contributed by atoms with van der Waals surface area (Å²) in [4.78, 5) is 29.4. The van der Waals surface area contributed by atoms with Crippen molar-refractivity contribution >= 4 is 31.3 Å². The number of amides is 2. The molecule has 2 saturated heterocycles. The molecule has 8 nitrogen and oxygen atoms in total. The van der Waals surface area contributed by atoms with Gasteiger partial charge in [0.25, 0.3) is 5.91 Å². The normalized spacial score (nSPS) is 29.2. The number of halogens is 1. The van der Waals surface area contributed by atoms with Crippen molar-refractivity contribution < 1.29 is 23.6 Å². The summed E-state index contributed by atoms with van der Waals surface area (Å²) in [6, 6.07) is 16.1. The van der Waals surface area contributed by atoms with Crippen LogP contribution in [0.15, 0.2) is 54.6 Å². The van der Waals surface area contributed by atoms with Crippen molar-refractivity contribution in [3.8, 4) is 11.5 Å². The highest BCUT2D eigenvalue weighted by Gasteiger charge is 2.68. The number of nitrogens with two attached hydrogens (primary N) is 1. The van der Waals surface area contributed by atoms with E-state index in [9.17, 15) is 9.59 Å². The number of nitrogens with zero attached hydrogens (tertiary/aromatic N) is 1. The lowest BCUT2D eigenvalue weighted by Gasteiger charge is -2.64. The van der Waals surface area contributed by atoms with E-state index in [1.165, 1.54) is 6.42 Å². The number of hydrogen-bond donors (Lipinski definition) is 2. The monoisotopic (exact) mass is 609 g/mol. The van der Waals surface area contributed by atoms with Crippen molar-refractivity contribution in [2.45, 2.75) is 89.4 Å². The minimum Gasteiger partial charge on any atom is -0.457 e. The molecule has 2 aromatic rings. The molecule has 5 fully saturated rings. The van der Waals surface area contributed by atoms with Crippen LogP contribution in [-0.2, 0) is 14.1 Å². The minimum absolute atomic E-state index is 0. The second-order valence-electron chi connectivity index (χ2n) is 13.3. The van der Waals surface area contributed by atoms with Gasteiger partial charge in [-0.05, 0) is 93.5 Å². The van der Waals surface area contributed by atoms with Gasteiger partial charge >= 0.3 is 7.12 Å². The predicted molar refractivity (Wildman–Crippen MR) is 169 cm³/mol. The molecule has 0 radical (unpaired) electrons. The number of nitrogens with one attached hydrogen (secondary N) is 1. The van der Waals surface area contributed by atoms with Crippen molar-refractivity contribution in [2.75, 3.05) is 13.1 Å². The van der Waals surface area contributed by atoms with Gasteiger partial charge in [-0.3, -0.25) is 9.59 Å². The number of carbonyl (C=O) groups is 2. The first-order valence-electron chi connectivity index (χ1n) is 15.7. The number of benzene rings is 2. The maximum atomic E-state index is 13.9. The van der Waals surface area contributed by atoms with E-state index >= 15 is 0 Å². The van der Waals surface area contributed by atoms with Gasteiger partial charge in [0.05, 0.1) is 23.2 Å². The summed E-state index contributed by atoms with van der Waals surface area (Å²) < 4.78 is 19.4. The molecule has 2 bridgehead atoms. The molecule has 7 rings (SSSR count). The van der Waals surface area contributed by atoms with Gasteiger partial charge in [0, 0.05) is 6.54 Å². The number of unbranched alkanes of at least 4 members (excludes halogenated alkanes) is 1. The van der Waals surface area contributed by atoms with Crippen LogP contribution >= 0.6 is 12.4 Å². The number of para-hydroxylation sites is 2. The molecule has 5 aliphatic rings. The molecule has 2 amide bonds. The molecule has 0 aromatic heterocycles. The topological polar surface area (TPSA) is 103 Å². The Morgan fingerprint density at radius 1 is 1.09 bits per heavy atom. The van der Waals surface area contributed by atoms with Crippen molar-refractivity contribution in [1.29, 1.82) is 0 Å². The second-order valence-corrected chi connectivity index (χ2v) is 13.3. The van der Waals surface area contributed by atoms with Crippen LogP contribution < -0.4 is 15.8 Å². The van der Waals surface area contributed by atoms with Gasteiger partial charge in [-0.1, -0.05) is 50.6 Å². The molecule has 2 heterocycles. The Labute approximate surface area is 261 Å². The van der Waals surface area contributed by atoms with E-state index in [-0.39, 0.29) is 47.3 Å². The molecule has 232 valence electrons. The van der Waals surface area contributed by atoms with Crippen molar-refractivity contribution in [3.63, 3.8) is 0 Å².